The summed E-state index contributed by atoms with van der Waals surface area (Å²) in [6.45, 7) is 5.62. The molecule has 0 unspecified atom stereocenters. The number of esters is 1. The van der Waals surface area contributed by atoms with Crippen LogP contribution in [0.1, 0.15) is 37.5 Å². The number of amides is 1. The SMILES string of the molecule is CCc1cccc(CC)c1NC(=O)[C@H](C)OC(=O)/C=C/c1ccc(OC)cc1OC. The lowest BCUT2D eigenvalue weighted by Gasteiger charge is -2.17. The first-order chi connectivity index (χ1) is 14.4. The highest BCUT2D eigenvalue weighted by molar-refractivity contribution is 5.97. The van der Waals surface area contributed by atoms with Crippen LogP contribution in [0.3, 0.4) is 0 Å². The predicted octanol–water partition coefficient (Wildman–Crippen LogP) is 4.41. The maximum atomic E-state index is 12.6. The van der Waals surface area contributed by atoms with Gasteiger partial charge in [0, 0.05) is 23.4 Å². The van der Waals surface area contributed by atoms with Gasteiger partial charge in [0.1, 0.15) is 11.5 Å². The Morgan fingerprint density at radius 2 is 1.70 bits per heavy atom. The number of anilines is 1. The van der Waals surface area contributed by atoms with Gasteiger partial charge in [-0.3, -0.25) is 4.79 Å². The number of carbonyl (C=O) groups is 2. The van der Waals surface area contributed by atoms with E-state index in [-0.39, 0.29) is 5.91 Å². The van der Waals surface area contributed by atoms with Crippen LogP contribution in [0.2, 0.25) is 0 Å². The van der Waals surface area contributed by atoms with E-state index in [9.17, 15) is 9.59 Å². The molecule has 1 atom stereocenters. The molecule has 6 nitrogen and oxygen atoms in total. The molecular formula is C24H29NO5. The number of methoxy groups -OCH3 is 2. The van der Waals surface area contributed by atoms with Crippen LogP contribution in [0.4, 0.5) is 5.69 Å². The highest BCUT2D eigenvalue weighted by atomic mass is 16.5. The van der Waals surface area contributed by atoms with E-state index in [1.165, 1.54) is 13.2 Å². The van der Waals surface area contributed by atoms with Crippen molar-refractivity contribution in [1.82, 2.24) is 0 Å². The van der Waals surface area contributed by atoms with Gasteiger partial charge in [0.25, 0.3) is 5.91 Å². The molecule has 0 aliphatic heterocycles. The van der Waals surface area contributed by atoms with Crippen LogP contribution in [0, 0.1) is 0 Å². The summed E-state index contributed by atoms with van der Waals surface area (Å²) in [6.07, 6.45) is 3.50. The van der Waals surface area contributed by atoms with Gasteiger partial charge >= 0.3 is 5.97 Å². The van der Waals surface area contributed by atoms with Crippen molar-refractivity contribution in [2.75, 3.05) is 19.5 Å². The van der Waals surface area contributed by atoms with Crippen LogP contribution in [0.25, 0.3) is 6.08 Å². The summed E-state index contributed by atoms with van der Waals surface area (Å²) in [5.74, 6) is 0.229. The molecule has 0 saturated carbocycles. The number of ether oxygens (including phenoxy) is 3. The Bertz CT molecular complexity index is 898. The average molecular weight is 411 g/mol. The average Bonchev–Trinajstić information content (AvgIpc) is 2.77. The van der Waals surface area contributed by atoms with Crippen molar-refractivity contribution in [2.24, 2.45) is 0 Å². The highest BCUT2D eigenvalue weighted by Crippen LogP contribution is 2.26. The van der Waals surface area contributed by atoms with E-state index in [0.717, 1.165) is 29.7 Å². The third-order valence-corrected chi connectivity index (χ3v) is 4.75. The minimum Gasteiger partial charge on any atom is -0.497 e. The molecule has 1 amide bonds. The monoisotopic (exact) mass is 411 g/mol. The van der Waals surface area contributed by atoms with Crippen molar-refractivity contribution in [3.8, 4) is 11.5 Å². The van der Waals surface area contributed by atoms with Crippen LogP contribution < -0.4 is 14.8 Å². The molecule has 30 heavy (non-hydrogen) atoms. The van der Waals surface area contributed by atoms with E-state index in [2.05, 4.69) is 5.32 Å². The van der Waals surface area contributed by atoms with Crippen molar-refractivity contribution >= 4 is 23.6 Å². The molecule has 0 radical (unpaired) electrons. The van der Waals surface area contributed by atoms with Crippen LogP contribution >= 0.6 is 0 Å². The topological polar surface area (TPSA) is 73.9 Å². The molecule has 0 heterocycles. The van der Waals surface area contributed by atoms with Crippen LogP contribution in [-0.4, -0.2) is 32.2 Å². The summed E-state index contributed by atoms with van der Waals surface area (Å²) in [7, 11) is 3.10. The van der Waals surface area contributed by atoms with E-state index in [1.54, 1.807) is 38.3 Å². The fourth-order valence-corrected chi connectivity index (χ4v) is 3.01. The summed E-state index contributed by atoms with van der Waals surface area (Å²) < 4.78 is 15.7. The van der Waals surface area contributed by atoms with Gasteiger partial charge in [0.05, 0.1) is 14.2 Å². The quantitative estimate of drug-likeness (QED) is 0.489. The first-order valence-electron chi connectivity index (χ1n) is 9.95. The van der Waals surface area contributed by atoms with Gasteiger partial charge in [0.15, 0.2) is 6.10 Å². The lowest BCUT2D eigenvalue weighted by molar-refractivity contribution is -0.148. The second kappa shape index (κ2) is 11.0. The molecule has 0 aliphatic rings. The van der Waals surface area contributed by atoms with Crippen LogP contribution in [0.5, 0.6) is 11.5 Å². The van der Waals surface area contributed by atoms with Crippen molar-refractivity contribution in [2.45, 2.75) is 39.7 Å². The zero-order valence-electron chi connectivity index (χ0n) is 18.2. The Morgan fingerprint density at radius 1 is 1.03 bits per heavy atom. The molecule has 2 rings (SSSR count). The van der Waals surface area contributed by atoms with Crippen molar-refractivity contribution in [1.29, 1.82) is 0 Å². The fraction of sp³-hybridized carbons (Fsp3) is 0.333. The molecule has 1 N–H and O–H groups in total. The molecule has 6 heteroatoms. The van der Waals surface area contributed by atoms with Gasteiger partial charge in [-0.15, -0.1) is 0 Å². The van der Waals surface area contributed by atoms with Gasteiger partial charge in [-0.05, 0) is 49.1 Å². The number of benzene rings is 2. The van der Waals surface area contributed by atoms with Gasteiger partial charge in [-0.2, -0.15) is 0 Å². The smallest absolute Gasteiger partial charge is 0.331 e. The van der Waals surface area contributed by atoms with Crippen LogP contribution in [0.15, 0.2) is 42.5 Å². The Kier molecular flexibility index (Phi) is 8.47. The molecule has 2 aromatic carbocycles. The minimum absolute atomic E-state index is 0.366. The highest BCUT2D eigenvalue weighted by Gasteiger charge is 2.19. The van der Waals surface area contributed by atoms with E-state index in [4.69, 9.17) is 14.2 Å². The Balaban J connectivity index is 2.04. The van der Waals surface area contributed by atoms with Gasteiger partial charge in [-0.1, -0.05) is 32.0 Å². The van der Waals surface area contributed by atoms with Crippen molar-refractivity contribution < 1.29 is 23.8 Å². The Hall–Kier alpha value is -3.28. The summed E-state index contributed by atoms with van der Waals surface area (Å²) in [5, 5.41) is 2.92. The minimum atomic E-state index is -0.936. The first-order valence-corrected chi connectivity index (χ1v) is 9.95. The normalized spacial score (nSPS) is 11.8. The standard InChI is InChI=1S/C24H29NO5/c1-6-17-9-8-10-18(7-2)23(17)25-24(27)16(3)30-22(26)14-12-19-11-13-20(28-4)15-21(19)29-5/h8-16H,6-7H2,1-5H3,(H,25,27)/b14-12+/t16-/m0/s1. The number of aryl methyl sites for hydroxylation is 2. The van der Waals surface area contributed by atoms with Gasteiger partial charge in [-0.25, -0.2) is 4.79 Å². The van der Waals surface area contributed by atoms with E-state index < -0.39 is 12.1 Å². The van der Waals surface area contributed by atoms with Crippen molar-refractivity contribution in [3.63, 3.8) is 0 Å². The largest absolute Gasteiger partial charge is 0.497 e. The molecule has 2 aromatic rings. The molecule has 0 aromatic heterocycles. The van der Waals surface area contributed by atoms with Crippen molar-refractivity contribution in [3.05, 3.63) is 59.2 Å². The number of para-hydroxylation sites is 1. The fourth-order valence-electron chi connectivity index (χ4n) is 3.01. The van der Waals surface area contributed by atoms with E-state index >= 15 is 0 Å². The maximum absolute atomic E-state index is 12.6. The van der Waals surface area contributed by atoms with Gasteiger partial charge in [0.2, 0.25) is 0 Å². The number of hydrogen-bond donors (Lipinski definition) is 1. The zero-order chi connectivity index (χ0) is 22.1. The number of nitrogens with one attached hydrogen (secondary N) is 1. The maximum Gasteiger partial charge on any atom is 0.331 e. The third-order valence-electron chi connectivity index (χ3n) is 4.75. The lowest BCUT2D eigenvalue weighted by Crippen LogP contribution is -2.30. The van der Waals surface area contributed by atoms with E-state index in [1.807, 2.05) is 32.0 Å². The molecule has 0 bridgehead atoms. The summed E-state index contributed by atoms with van der Waals surface area (Å²) in [5.41, 5.74) is 3.59. The lowest BCUT2D eigenvalue weighted by atomic mass is 10.0. The number of carbonyl (C=O) groups excluding carboxylic acids is 2. The Morgan fingerprint density at radius 3 is 2.27 bits per heavy atom. The summed E-state index contributed by atoms with van der Waals surface area (Å²) in [4.78, 5) is 24.8. The Labute approximate surface area is 177 Å². The molecule has 0 spiro atoms. The molecule has 0 fully saturated rings. The molecule has 160 valence electrons. The van der Waals surface area contributed by atoms with Crippen LogP contribution in [-0.2, 0) is 27.2 Å². The molecule has 0 aliphatic carbocycles. The zero-order valence-corrected chi connectivity index (χ0v) is 18.2. The van der Waals surface area contributed by atoms with Gasteiger partial charge < -0.3 is 19.5 Å². The van der Waals surface area contributed by atoms with E-state index in [0.29, 0.717) is 17.1 Å². The number of hydrogen-bond acceptors (Lipinski definition) is 5. The third kappa shape index (κ3) is 5.86. The number of rotatable bonds is 9. The molecule has 0 saturated heterocycles. The second-order valence-corrected chi connectivity index (χ2v) is 6.67. The molecular weight excluding hydrogens is 382 g/mol. The predicted molar refractivity (Wildman–Crippen MR) is 118 cm³/mol. The summed E-state index contributed by atoms with van der Waals surface area (Å²) in [6, 6.07) is 11.2. The second-order valence-electron chi connectivity index (χ2n) is 6.67. The summed E-state index contributed by atoms with van der Waals surface area (Å²) >= 11 is 0. The first kappa shape index (κ1) is 23.0.